The first-order valence-corrected chi connectivity index (χ1v) is 11.8. The lowest BCUT2D eigenvalue weighted by molar-refractivity contribution is -0.142. The van der Waals surface area contributed by atoms with Crippen molar-refractivity contribution in [3.8, 4) is 5.69 Å². The standard InChI is InChI=1S/C26H24F2N4O3/c27-19-14-18(15-20(28)16-19)22-6-7-23-32(22)25(34)26(35-23)8-12-30(13-9-26)24(33)17-2-4-21(5-3-17)31-11-1-10-29-31/h1-5,10-11,14-16,22-23H,6-9,12-13H2/t22-,23+/m0/s1. The number of rotatable bonds is 3. The normalized spacial score (nSPS) is 23.2. The zero-order chi connectivity index (χ0) is 24.2. The predicted molar refractivity (Wildman–Crippen MR) is 121 cm³/mol. The van der Waals surface area contributed by atoms with Crippen molar-refractivity contribution in [1.29, 1.82) is 0 Å². The van der Waals surface area contributed by atoms with Crippen molar-refractivity contribution < 1.29 is 23.1 Å². The minimum absolute atomic E-state index is 0.0917. The molecule has 0 unspecified atom stereocenters. The fourth-order valence-corrected chi connectivity index (χ4v) is 5.57. The van der Waals surface area contributed by atoms with Gasteiger partial charge in [0.05, 0.1) is 11.7 Å². The fourth-order valence-electron chi connectivity index (χ4n) is 5.57. The number of amides is 2. The summed E-state index contributed by atoms with van der Waals surface area (Å²) in [4.78, 5) is 30.0. The average molecular weight is 478 g/mol. The molecule has 3 aliphatic heterocycles. The Bertz CT molecular complexity index is 1250. The van der Waals surface area contributed by atoms with Crippen LogP contribution in [0.5, 0.6) is 0 Å². The summed E-state index contributed by atoms with van der Waals surface area (Å²) in [6, 6.07) is 12.1. The van der Waals surface area contributed by atoms with Gasteiger partial charge in [0.2, 0.25) is 0 Å². The second kappa shape index (κ2) is 8.27. The van der Waals surface area contributed by atoms with Gasteiger partial charge in [-0.25, -0.2) is 13.5 Å². The third kappa shape index (κ3) is 3.70. The van der Waals surface area contributed by atoms with Crippen LogP contribution in [0.1, 0.15) is 47.6 Å². The fraction of sp³-hybridized carbons (Fsp3) is 0.346. The smallest absolute Gasteiger partial charge is 0.257 e. The van der Waals surface area contributed by atoms with Crippen LogP contribution in [0.25, 0.3) is 5.69 Å². The first kappa shape index (κ1) is 21.9. The quantitative estimate of drug-likeness (QED) is 0.574. The third-order valence-electron chi connectivity index (χ3n) is 7.33. The van der Waals surface area contributed by atoms with Gasteiger partial charge in [0, 0.05) is 50.0 Å². The monoisotopic (exact) mass is 478 g/mol. The van der Waals surface area contributed by atoms with Gasteiger partial charge in [-0.2, -0.15) is 5.10 Å². The molecule has 3 fully saturated rings. The molecule has 0 N–H and O–H groups in total. The molecule has 3 saturated heterocycles. The maximum absolute atomic E-state index is 13.8. The summed E-state index contributed by atoms with van der Waals surface area (Å²) in [6.45, 7) is 0.788. The van der Waals surface area contributed by atoms with Gasteiger partial charge in [-0.05, 0) is 60.9 Å². The van der Waals surface area contributed by atoms with Crippen LogP contribution in [0.15, 0.2) is 60.9 Å². The summed E-state index contributed by atoms with van der Waals surface area (Å²) in [6.07, 6.45) is 5.10. The molecule has 3 aliphatic rings. The number of likely N-dealkylation sites (tertiary alicyclic amines) is 1. The highest BCUT2D eigenvalue weighted by Crippen LogP contribution is 2.47. The van der Waals surface area contributed by atoms with Gasteiger partial charge in [0.25, 0.3) is 11.8 Å². The van der Waals surface area contributed by atoms with Crippen molar-refractivity contribution in [2.24, 2.45) is 0 Å². The van der Waals surface area contributed by atoms with Crippen LogP contribution in [0, 0.1) is 11.6 Å². The van der Waals surface area contributed by atoms with Crippen molar-refractivity contribution in [2.45, 2.75) is 43.6 Å². The highest BCUT2D eigenvalue weighted by molar-refractivity contribution is 5.95. The summed E-state index contributed by atoms with van der Waals surface area (Å²) in [5.41, 5.74) is 0.896. The molecule has 1 spiro atoms. The Morgan fingerprint density at radius 2 is 1.74 bits per heavy atom. The summed E-state index contributed by atoms with van der Waals surface area (Å²) < 4.78 is 35.6. The van der Waals surface area contributed by atoms with E-state index in [2.05, 4.69) is 5.10 Å². The first-order chi connectivity index (χ1) is 16.9. The van der Waals surface area contributed by atoms with Gasteiger partial charge < -0.3 is 14.5 Å². The number of carbonyl (C=O) groups is 2. The highest BCUT2D eigenvalue weighted by Gasteiger charge is 2.58. The van der Waals surface area contributed by atoms with Crippen molar-refractivity contribution in [3.05, 3.63) is 83.7 Å². The lowest BCUT2D eigenvalue weighted by Gasteiger charge is -2.37. The Labute approximate surface area is 200 Å². The van der Waals surface area contributed by atoms with Crippen LogP contribution in [0.4, 0.5) is 8.78 Å². The van der Waals surface area contributed by atoms with Crippen LogP contribution in [-0.4, -0.2) is 56.3 Å². The minimum Gasteiger partial charge on any atom is -0.342 e. The van der Waals surface area contributed by atoms with E-state index in [1.165, 1.54) is 12.1 Å². The number of hydrogen-bond donors (Lipinski definition) is 0. The largest absolute Gasteiger partial charge is 0.342 e. The average Bonchev–Trinajstić information content (AvgIpc) is 3.58. The predicted octanol–water partition coefficient (Wildman–Crippen LogP) is 3.85. The molecule has 0 radical (unpaired) electrons. The van der Waals surface area contributed by atoms with E-state index in [0.29, 0.717) is 49.9 Å². The Kier molecular flexibility index (Phi) is 5.17. The molecule has 4 heterocycles. The number of piperidine rings is 1. The van der Waals surface area contributed by atoms with Crippen molar-refractivity contribution in [3.63, 3.8) is 0 Å². The molecule has 2 aromatic carbocycles. The summed E-state index contributed by atoms with van der Waals surface area (Å²) in [5.74, 6) is -1.55. The number of halogens is 2. The lowest BCUT2D eigenvalue weighted by atomic mass is 9.89. The molecule has 7 nitrogen and oxygen atoms in total. The van der Waals surface area contributed by atoms with E-state index < -0.39 is 29.5 Å². The molecule has 1 aromatic heterocycles. The molecule has 3 aromatic rings. The van der Waals surface area contributed by atoms with Crippen LogP contribution in [0.3, 0.4) is 0 Å². The number of hydrogen-bond acceptors (Lipinski definition) is 4. The molecule has 9 heteroatoms. The molecule has 0 aliphatic carbocycles. The van der Waals surface area contributed by atoms with Crippen LogP contribution in [-0.2, 0) is 9.53 Å². The van der Waals surface area contributed by atoms with Crippen molar-refractivity contribution in [1.82, 2.24) is 19.6 Å². The van der Waals surface area contributed by atoms with Crippen LogP contribution in [0.2, 0.25) is 0 Å². The van der Waals surface area contributed by atoms with Crippen molar-refractivity contribution in [2.75, 3.05) is 13.1 Å². The van der Waals surface area contributed by atoms with E-state index in [1.807, 2.05) is 24.4 Å². The van der Waals surface area contributed by atoms with Crippen LogP contribution >= 0.6 is 0 Å². The maximum Gasteiger partial charge on any atom is 0.257 e. The Morgan fingerprint density at radius 3 is 2.40 bits per heavy atom. The minimum atomic E-state index is -0.990. The highest BCUT2D eigenvalue weighted by atomic mass is 19.1. The second-order valence-corrected chi connectivity index (χ2v) is 9.36. The van der Waals surface area contributed by atoms with E-state index in [1.54, 1.807) is 32.8 Å². The van der Waals surface area contributed by atoms with Gasteiger partial charge in [-0.15, -0.1) is 0 Å². The molecular weight excluding hydrogens is 454 g/mol. The van der Waals surface area contributed by atoms with Gasteiger partial charge in [0.15, 0.2) is 5.60 Å². The van der Waals surface area contributed by atoms with E-state index >= 15 is 0 Å². The SMILES string of the molecule is O=C(c1ccc(-n2cccn2)cc1)N1CCC2(CC1)O[C@@H]1CC[C@@H](c3cc(F)cc(F)c3)N1C2=O. The molecule has 2 atom stereocenters. The number of benzene rings is 2. The van der Waals surface area contributed by atoms with Gasteiger partial charge in [-0.3, -0.25) is 9.59 Å². The maximum atomic E-state index is 13.8. The number of aromatic nitrogens is 2. The summed E-state index contributed by atoms with van der Waals surface area (Å²) >= 11 is 0. The lowest BCUT2D eigenvalue weighted by Crippen LogP contribution is -2.51. The van der Waals surface area contributed by atoms with Gasteiger partial charge >= 0.3 is 0 Å². The van der Waals surface area contributed by atoms with E-state index in [9.17, 15) is 18.4 Å². The molecule has 6 rings (SSSR count). The summed E-state index contributed by atoms with van der Waals surface area (Å²) in [7, 11) is 0. The van der Waals surface area contributed by atoms with Crippen molar-refractivity contribution >= 4 is 11.8 Å². The zero-order valence-corrected chi connectivity index (χ0v) is 18.9. The number of carbonyl (C=O) groups excluding carboxylic acids is 2. The molecule has 0 bridgehead atoms. The second-order valence-electron chi connectivity index (χ2n) is 9.36. The first-order valence-electron chi connectivity index (χ1n) is 11.8. The summed E-state index contributed by atoms with van der Waals surface area (Å²) in [5, 5.41) is 4.19. The Morgan fingerprint density at radius 1 is 1.03 bits per heavy atom. The van der Waals surface area contributed by atoms with E-state index in [4.69, 9.17) is 4.74 Å². The number of fused-ring (bicyclic) bond motifs is 1. The molecular formula is C26H24F2N4O3. The van der Waals surface area contributed by atoms with E-state index in [0.717, 1.165) is 11.8 Å². The topological polar surface area (TPSA) is 67.7 Å². The number of ether oxygens (including phenoxy) is 1. The molecule has 35 heavy (non-hydrogen) atoms. The Balaban J connectivity index is 1.14. The molecule has 0 saturated carbocycles. The van der Waals surface area contributed by atoms with E-state index in [-0.39, 0.29) is 11.8 Å². The van der Waals surface area contributed by atoms with Crippen LogP contribution < -0.4 is 0 Å². The van der Waals surface area contributed by atoms with Gasteiger partial charge in [-0.1, -0.05) is 0 Å². The Hall–Kier alpha value is -3.59. The van der Waals surface area contributed by atoms with Gasteiger partial charge in [0.1, 0.15) is 17.9 Å². The molecule has 2 amide bonds. The zero-order valence-electron chi connectivity index (χ0n) is 18.9. The number of nitrogens with zero attached hydrogens (tertiary/aromatic N) is 4. The molecule has 180 valence electrons. The third-order valence-corrected chi connectivity index (χ3v) is 7.33.